The Hall–Kier alpha value is -1.79. The second kappa shape index (κ2) is 3.60. The number of hydrogen-bond acceptors (Lipinski definition) is 3. The second-order valence-corrected chi connectivity index (χ2v) is 5.10. The fraction of sp³-hybridized carbons (Fsp3) is 0.455. The average molecular weight is 258 g/mol. The molecule has 0 radical (unpaired) electrons. The normalized spacial score (nSPS) is 13.2. The van der Waals surface area contributed by atoms with E-state index >= 15 is 0 Å². The molecule has 2 aromatic heterocycles. The first-order valence-electron chi connectivity index (χ1n) is 5.32. The number of fused-ring (bicyclic) bond motifs is 1. The van der Waals surface area contributed by atoms with Crippen LogP contribution in [0.1, 0.15) is 32.0 Å². The van der Waals surface area contributed by atoms with Crippen LogP contribution in [0.2, 0.25) is 0 Å². The summed E-state index contributed by atoms with van der Waals surface area (Å²) in [4.78, 5) is 3.74. The molecule has 0 aliphatic carbocycles. The molecule has 2 rings (SSSR count). The number of rotatable bonds is 0. The molecule has 0 spiro atoms. The van der Waals surface area contributed by atoms with Crippen LogP contribution >= 0.6 is 0 Å². The molecular formula is C11H13F3N4. The summed E-state index contributed by atoms with van der Waals surface area (Å²) in [5.41, 5.74) is 5.12. The Morgan fingerprint density at radius 3 is 2.28 bits per heavy atom. The van der Waals surface area contributed by atoms with E-state index in [9.17, 15) is 13.2 Å². The topological polar surface area (TPSA) is 56.2 Å². The highest BCUT2D eigenvalue weighted by atomic mass is 19.4. The van der Waals surface area contributed by atoms with Crippen LogP contribution in [0.3, 0.4) is 0 Å². The van der Waals surface area contributed by atoms with Gasteiger partial charge in [-0.25, -0.2) is 9.50 Å². The zero-order valence-electron chi connectivity index (χ0n) is 10.2. The summed E-state index contributed by atoms with van der Waals surface area (Å²) in [5, 5.41) is 3.77. The quantitative estimate of drug-likeness (QED) is 0.790. The second-order valence-electron chi connectivity index (χ2n) is 5.10. The zero-order valence-corrected chi connectivity index (χ0v) is 10.2. The molecule has 0 aliphatic heterocycles. The predicted octanol–water partition coefficient (Wildman–Crippen LogP) is 2.63. The van der Waals surface area contributed by atoms with Gasteiger partial charge in [-0.3, -0.25) is 0 Å². The zero-order chi connectivity index (χ0) is 13.7. The van der Waals surface area contributed by atoms with Crippen LogP contribution in [-0.2, 0) is 11.6 Å². The number of aromatic nitrogens is 3. The maximum Gasteiger partial charge on any atom is 0.421 e. The Bertz CT molecular complexity index is 593. The molecule has 2 heterocycles. The monoisotopic (exact) mass is 258 g/mol. The molecule has 0 unspecified atom stereocenters. The Morgan fingerprint density at radius 1 is 1.17 bits per heavy atom. The van der Waals surface area contributed by atoms with E-state index in [-0.39, 0.29) is 5.65 Å². The lowest BCUT2D eigenvalue weighted by Crippen LogP contribution is -2.20. The molecule has 98 valence electrons. The summed E-state index contributed by atoms with van der Waals surface area (Å²) in [6.45, 7) is 5.56. The summed E-state index contributed by atoms with van der Waals surface area (Å²) in [7, 11) is 0. The Kier molecular flexibility index (Phi) is 2.53. The first kappa shape index (κ1) is 12.7. The Labute approximate surface area is 102 Å². The number of nitrogens with zero attached hydrogens (tertiary/aromatic N) is 3. The van der Waals surface area contributed by atoms with Crippen molar-refractivity contribution in [3.05, 3.63) is 23.7 Å². The van der Waals surface area contributed by atoms with Crippen molar-refractivity contribution in [1.82, 2.24) is 14.6 Å². The average Bonchev–Trinajstić information content (AvgIpc) is 2.57. The van der Waals surface area contributed by atoms with E-state index < -0.39 is 17.2 Å². The third kappa shape index (κ3) is 1.89. The SMILES string of the molecule is CC(C)(C)c1c(N)cnc2c(C(F)(F)F)cnn12. The molecule has 0 saturated carbocycles. The molecule has 0 aromatic carbocycles. The maximum atomic E-state index is 12.8. The number of nitrogen functional groups attached to an aromatic ring is 1. The lowest BCUT2D eigenvalue weighted by Gasteiger charge is -2.21. The summed E-state index contributed by atoms with van der Waals surface area (Å²) >= 11 is 0. The third-order valence-corrected chi connectivity index (χ3v) is 2.57. The van der Waals surface area contributed by atoms with Gasteiger partial charge in [-0.15, -0.1) is 0 Å². The molecule has 0 atom stereocenters. The number of hydrogen-bond donors (Lipinski definition) is 1. The van der Waals surface area contributed by atoms with Crippen LogP contribution in [-0.4, -0.2) is 14.6 Å². The van der Waals surface area contributed by atoms with E-state index in [1.54, 1.807) is 0 Å². The highest BCUT2D eigenvalue weighted by Gasteiger charge is 2.36. The summed E-state index contributed by atoms with van der Waals surface area (Å²) in [6.07, 6.45) is -2.45. The maximum absolute atomic E-state index is 12.8. The van der Waals surface area contributed by atoms with Crippen molar-refractivity contribution in [2.24, 2.45) is 0 Å². The summed E-state index contributed by atoms with van der Waals surface area (Å²) in [6, 6.07) is 0. The molecule has 2 N–H and O–H groups in total. The van der Waals surface area contributed by atoms with Crippen molar-refractivity contribution in [2.75, 3.05) is 5.73 Å². The molecule has 18 heavy (non-hydrogen) atoms. The number of halogens is 3. The van der Waals surface area contributed by atoms with Gasteiger partial charge in [0.2, 0.25) is 0 Å². The fourth-order valence-corrected chi connectivity index (χ4v) is 1.89. The van der Waals surface area contributed by atoms with Crippen LogP contribution in [0.15, 0.2) is 12.4 Å². The Morgan fingerprint density at radius 2 is 1.78 bits per heavy atom. The van der Waals surface area contributed by atoms with E-state index in [0.717, 1.165) is 10.7 Å². The molecule has 4 nitrogen and oxygen atoms in total. The minimum Gasteiger partial charge on any atom is -0.396 e. The van der Waals surface area contributed by atoms with Gasteiger partial charge < -0.3 is 5.73 Å². The Balaban J connectivity index is 2.82. The lowest BCUT2D eigenvalue weighted by molar-refractivity contribution is -0.136. The van der Waals surface area contributed by atoms with E-state index in [4.69, 9.17) is 5.73 Å². The van der Waals surface area contributed by atoms with Crippen molar-refractivity contribution in [3.63, 3.8) is 0 Å². The van der Waals surface area contributed by atoms with Crippen molar-refractivity contribution in [1.29, 1.82) is 0 Å². The predicted molar refractivity (Wildman–Crippen MR) is 61.1 cm³/mol. The minimum absolute atomic E-state index is 0.221. The standard InChI is InChI=1S/C11H13F3N4/c1-10(2,3)8-7(15)5-16-9-6(11(12,13)14)4-17-18(8)9/h4-5H,15H2,1-3H3. The molecule has 0 amide bonds. The van der Waals surface area contributed by atoms with Crippen LogP contribution in [0, 0.1) is 0 Å². The fourth-order valence-electron chi connectivity index (χ4n) is 1.89. The number of alkyl halides is 3. The highest BCUT2D eigenvalue weighted by Crippen LogP contribution is 2.34. The van der Waals surface area contributed by atoms with E-state index in [1.165, 1.54) is 6.20 Å². The first-order valence-corrected chi connectivity index (χ1v) is 5.32. The van der Waals surface area contributed by atoms with E-state index in [2.05, 4.69) is 10.1 Å². The third-order valence-electron chi connectivity index (χ3n) is 2.57. The van der Waals surface area contributed by atoms with Crippen LogP contribution < -0.4 is 5.73 Å². The first-order chi connectivity index (χ1) is 8.12. The van der Waals surface area contributed by atoms with Gasteiger partial charge in [0.05, 0.1) is 23.8 Å². The van der Waals surface area contributed by atoms with Crippen molar-refractivity contribution >= 4 is 11.3 Å². The van der Waals surface area contributed by atoms with Crippen molar-refractivity contribution in [2.45, 2.75) is 32.4 Å². The largest absolute Gasteiger partial charge is 0.421 e. The van der Waals surface area contributed by atoms with Gasteiger partial charge in [0.15, 0.2) is 5.65 Å². The van der Waals surface area contributed by atoms with Gasteiger partial charge in [-0.2, -0.15) is 18.3 Å². The molecule has 0 aliphatic rings. The molecule has 0 bridgehead atoms. The number of anilines is 1. The van der Waals surface area contributed by atoms with Gasteiger partial charge in [-0.05, 0) is 0 Å². The van der Waals surface area contributed by atoms with E-state index in [1.807, 2.05) is 20.8 Å². The smallest absolute Gasteiger partial charge is 0.396 e. The minimum atomic E-state index is -4.47. The molecule has 7 heteroatoms. The summed E-state index contributed by atoms with van der Waals surface area (Å²) < 4.78 is 39.4. The number of nitrogens with two attached hydrogens (primary N) is 1. The molecule has 0 fully saturated rings. The molecule has 0 saturated heterocycles. The van der Waals surface area contributed by atoms with Crippen LogP contribution in [0.4, 0.5) is 18.9 Å². The highest BCUT2D eigenvalue weighted by molar-refractivity contribution is 5.56. The van der Waals surface area contributed by atoms with Gasteiger partial charge in [0.1, 0.15) is 5.56 Å². The lowest BCUT2D eigenvalue weighted by atomic mass is 9.91. The molecular weight excluding hydrogens is 245 g/mol. The van der Waals surface area contributed by atoms with Crippen molar-refractivity contribution in [3.8, 4) is 0 Å². The summed E-state index contributed by atoms with van der Waals surface area (Å²) in [5.74, 6) is 0. The van der Waals surface area contributed by atoms with Crippen LogP contribution in [0.5, 0.6) is 0 Å². The van der Waals surface area contributed by atoms with Gasteiger partial charge in [-0.1, -0.05) is 20.8 Å². The van der Waals surface area contributed by atoms with Gasteiger partial charge in [0.25, 0.3) is 0 Å². The van der Waals surface area contributed by atoms with Crippen molar-refractivity contribution < 1.29 is 13.2 Å². The van der Waals surface area contributed by atoms with E-state index in [0.29, 0.717) is 11.4 Å². The van der Waals surface area contributed by atoms with Gasteiger partial charge >= 0.3 is 6.18 Å². The van der Waals surface area contributed by atoms with Crippen LogP contribution in [0.25, 0.3) is 5.65 Å². The molecule has 2 aromatic rings. The van der Waals surface area contributed by atoms with Gasteiger partial charge in [0, 0.05) is 5.41 Å².